The Hall–Kier alpha value is -3.25. The molecule has 37 heavy (non-hydrogen) atoms. The summed E-state index contributed by atoms with van der Waals surface area (Å²) in [7, 11) is 3.24. The highest BCUT2D eigenvalue weighted by atomic mass is 79.9. The summed E-state index contributed by atoms with van der Waals surface area (Å²) in [6.45, 7) is 6.65. The number of ketones is 1. The van der Waals surface area contributed by atoms with Crippen LogP contribution in [0.2, 0.25) is 0 Å². The second-order valence-electron chi connectivity index (χ2n) is 10.8. The first-order valence-corrected chi connectivity index (χ1v) is 13.4. The van der Waals surface area contributed by atoms with Crippen molar-refractivity contribution in [3.8, 4) is 11.5 Å². The van der Waals surface area contributed by atoms with Gasteiger partial charge in [-0.15, -0.1) is 0 Å². The van der Waals surface area contributed by atoms with E-state index in [9.17, 15) is 4.79 Å². The van der Waals surface area contributed by atoms with E-state index in [1.807, 2.05) is 36.4 Å². The van der Waals surface area contributed by atoms with Gasteiger partial charge in [0, 0.05) is 17.7 Å². The first-order chi connectivity index (χ1) is 17.7. The SMILES string of the molecule is COc1cc(C2Nc3ccccc3NC3=C2C(=O)CC(c2ccc(C(C)(C)C)cc2)C3)cc(Br)c1OC. The molecule has 192 valence electrons. The quantitative estimate of drug-likeness (QED) is 0.341. The molecule has 0 bridgehead atoms. The third kappa shape index (κ3) is 4.87. The highest BCUT2D eigenvalue weighted by Crippen LogP contribution is 2.46. The molecule has 3 aromatic carbocycles. The molecule has 0 saturated carbocycles. The number of ether oxygens (including phenoxy) is 2. The lowest BCUT2D eigenvalue weighted by molar-refractivity contribution is -0.116. The van der Waals surface area contributed by atoms with E-state index in [0.29, 0.717) is 17.9 Å². The van der Waals surface area contributed by atoms with Crippen LogP contribution in [-0.4, -0.2) is 20.0 Å². The van der Waals surface area contributed by atoms with Crippen LogP contribution in [0.1, 0.15) is 62.3 Å². The zero-order valence-electron chi connectivity index (χ0n) is 21.9. The number of halogens is 1. The number of carbonyl (C=O) groups is 1. The summed E-state index contributed by atoms with van der Waals surface area (Å²) in [5, 5.41) is 7.26. The van der Waals surface area contributed by atoms with E-state index in [0.717, 1.165) is 39.1 Å². The summed E-state index contributed by atoms with van der Waals surface area (Å²) in [6.07, 6.45) is 1.23. The minimum absolute atomic E-state index is 0.0930. The van der Waals surface area contributed by atoms with Crippen molar-refractivity contribution in [2.45, 2.75) is 51.0 Å². The monoisotopic (exact) mass is 560 g/mol. The Balaban J connectivity index is 1.58. The van der Waals surface area contributed by atoms with Gasteiger partial charge in [0.25, 0.3) is 0 Å². The Morgan fingerprint density at radius 3 is 2.24 bits per heavy atom. The van der Waals surface area contributed by atoms with Crippen molar-refractivity contribution in [1.29, 1.82) is 0 Å². The van der Waals surface area contributed by atoms with Crippen LogP contribution in [0.5, 0.6) is 11.5 Å². The number of benzene rings is 3. The first kappa shape index (κ1) is 25.4. The molecule has 1 aliphatic heterocycles. The average Bonchev–Trinajstić information content (AvgIpc) is 3.04. The Morgan fingerprint density at radius 1 is 0.892 bits per heavy atom. The van der Waals surface area contributed by atoms with Crippen LogP contribution in [0.15, 0.2) is 76.4 Å². The summed E-state index contributed by atoms with van der Waals surface area (Å²) >= 11 is 3.63. The fourth-order valence-corrected chi connectivity index (χ4v) is 5.96. The van der Waals surface area contributed by atoms with E-state index in [2.05, 4.69) is 71.6 Å². The fourth-order valence-electron chi connectivity index (χ4n) is 5.34. The number of Topliss-reactive ketones (excluding diaryl/α,β-unsaturated/α-hetero) is 1. The molecule has 1 heterocycles. The maximum Gasteiger partial charge on any atom is 0.174 e. The molecule has 5 nitrogen and oxygen atoms in total. The van der Waals surface area contributed by atoms with Crippen molar-refractivity contribution in [2.75, 3.05) is 24.9 Å². The van der Waals surface area contributed by atoms with E-state index >= 15 is 0 Å². The number of para-hydroxylation sites is 2. The Bertz CT molecular complexity index is 1370. The zero-order chi connectivity index (χ0) is 26.3. The van der Waals surface area contributed by atoms with Gasteiger partial charge in [-0.3, -0.25) is 4.79 Å². The number of carbonyl (C=O) groups excluding carboxylic acids is 1. The summed E-state index contributed by atoms with van der Waals surface area (Å²) in [5.41, 5.74) is 7.17. The minimum atomic E-state index is -0.334. The lowest BCUT2D eigenvalue weighted by Gasteiger charge is -2.30. The van der Waals surface area contributed by atoms with Gasteiger partial charge in [-0.1, -0.05) is 57.2 Å². The lowest BCUT2D eigenvalue weighted by Crippen LogP contribution is -2.27. The summed E-state index contributed by atoms with van der Waals surface area (Å²) in [6, 6.07) is 20.5. The van der Waals surface area contributed by atoms with Crippen LogP contribution in [0.3, 0.4) is 0 Å². The summed E-state index contributed by atoms with van der Waals surface area (Å²) in [4.78, 5) is 13.9. The minimum Gasteiger partial charge on any atom is -0.493 e. The van der Waals surface area contributed by atoms with Gasteiger partial charge in [0.15, 0.2) is 17.3 Å². The Labute approximate surface area is 227 Å². The fraction of sp³-hybridized carbons (Fsp3) is 0.323. The number of anilines is 2. The number of methoxy groups -OCH3 is 2. The van der Waals surface area contributed by atoms with Gasteiger partial charge in [-0.05, 0) is 74.6 Å². The van der Waals surface area contributed by atoms with Crippen LogP contribution in [0.25, 0.3) is 0 Å². The molecule has 2 aliphatic rings. The predicted octanol–water partition coefficient (Wildman–Crippen LogP) is 7.74. The van der Waals surface area contributed by atoms with Crippen LogP contribution >= 0.6 is 15.9 Å². The van der Waals surface area contributed by atoms with E-state index in [1.54, 1.807) is 14.2 Å². The van der Waals surface area contributed by atoms with Crippen molar-refractivity contribution in [3.63, 3.8) is 0 Å². The van der Waals surface area contributed by atoms with Crippen molar-refractivity contribution < 1.29 is 14.3 Å². The topological polar surface area (TPSA) is 59.6 Å². The molecule has 0 amide bonds. The number of rotatable bonds is 4. The Kier molecular flexibility index (Phi) is 6.80. The number of hydrogen-bond acceptors (Lipinski definition) is 5. The maximum absolute atomic E-state index is 13.9. The van der Waals surface area contributed by atoms with Gasteiger partial charge in [0.1, 0.15) is 0 Å². The van der Waals surface area contributed by atoms with Crippen LogP contribution in [0, 0.1) is 0 Å². The molecule has 0 saturated heterocycles. The normalized spacial score (nSPS) is 19.2. The Morgan fingerprint density at radius 2 is 1.59 bits per heavy atom. The second kappa shape index (κ2) is 9.90. The van der Waals surface area contributed by atoms with Crippen LogP contribution in [0.4, 0.5) is 11.4 Å². The van der Waals surface area contributed by atoms with Crippen LogP contribution < -0.4 is 20.1 Å². The highest BCUT2D eigenvalue weighted by molar-refractivity contribution is 9.10. The smallest absolute Gasteiger partial charge is 0.174 e. The van der Waals surface area contributed by atoms with E-state index in [4.69, 9.17) is 9.47 Å². The molecule has 1 aliphatic carbocycles. The van der Waals surface area contributed by atoms with Gasteiger partial charge in [0.2, 0.25) is 0 Å². The molecule has 0 fully saturated rings. The van der Waals surface area contributed by atoms with Crippen molar-refractivity contribution in [3.05, 3.63) is 93.1 Å². The summed E-state index contributed by atoms with van der Waals surface area (Å²) < 4.78 is 11.9. The molecular weight excluding hydrogens is 528 g/mol. The number of fused-ring (bicyclic) bond motifs is 1. The van der Waals surface area contributed by atoms with Crippen LogP contribution in [-0.2, 0) is 10.2 Å². The highest BCUT2D eigenvalue weighted by Gasteiger charge is 2.36. The molecule has 5 rings (SSSR count). The maximum atomic E-state index is 13.9. The molecule has 0 aromatic heterocycles. The van der Waals surface area contributed by atoms with Gasteiger partial charge in [-0.25, -0.2) is 0 Å². The van der Waals surface area contributed by atoms with Gasteiger partial charge < -0.3 is 20.1 Å². The number of hydrogen-bond donors (Lipinski definition) is 2. The molecule has 2 unspecified atom stereocenters. The molecule has 2 atom stereocenters. The standard InChI is InChI=1S/C31H33BrN2O3/c1-31(2,3)21-12-10-18(11-13-21)19-15-25-28(26(35)16-19)29(34-24-9-7-6-8-23(24)33-25)20-14-22(32)30(37-5)27(17-20)36-4/h6-14,17,19,29,33-34H,15-16H2,1-5H3. The molecule has 0 spiro atoms. The molecule has 0 radical (unpaired) electrons. The van der Waals surface area contributed by atoms with Gasteiger partial charge >= 0.3 is 0 Å². The molecule has 3 aromatic rings. The predicted molar refractivity (Wildman–Crippen MR) is 153 cm³/mol. The zero-order valence-corrected chi connectivity index (χ0v) is 23.5. The van der Waals surface area contributed by atoms with Gasteiger partial charge in [-0.2, -0.15) is 0 Å². The largest absolute Gasteiger partial charge is 0.493 e. The first-order valence-electron chi connectivity index (χ1n) is 12.6. The van der Waals surface area contributed by atoms with Crippen molar-refractivity contribution >= 4 is 33.1 Å². The average molecular weight is 562 g/mol. The molecular formula is C31H33BrN2O3. The van der Waals surface area contributed by atoms with E-state index in [-0.39, 0.29) is 23.2 Å². The van der Waals surface area contributed by atoms with Gasteiger partial charge in [0.05, 0.1) is 36.1 Å². The number of allylic oxidation sites excluding steroid dienone is 1. The van der Waals surface area contributed by atoms with Crippen molar-refractivity contribution in [2.24, 2.45) is 0 Å². The lowest BCUT2D eigenvalue weighted by atomic mass is 9.77. The third-order valence-corrected chi connectivity index (χ3v) is 7.94. The summed E-state index contributed by atoms with van der Waals surface area (Å²) in [5.74, 6) is 1.51. The number of nitrogens with one attached hydrogen (secondary N) is 2. The molecule has 6 heteroatoms. The van der Waals surface area contributed by atoms with Crippen molar-refractivity contribution in [1.82, 2.24) is 0 Å². The molecule has 2 N–H and O–H groups in total. The van der Waals surface area contributed by atoms with E-state index < -0.39 is 0 Å². The third-order valence-electron chi connectivity index (χ3n) is 7.35. The second-order valence-corrected chi connectivity index (χ2v) is 11.6. The van der Waals surface area contributed by atoms with E-state index in [1.165, 1.54) is 11.1 Å².